The molecule has 2 aromatic rings. The van der Waals surface area contributed by atoms with Crippen molar-refractivity contribution in [1.82, 2.24) is 9.78 Å². The molecule has 104 valence electrons. The van der Waals surface area contributed by atoms with Crippen LogP contribution in [-0.4, -0.2) is 22.7 Å². The number of hydrogen-bond donors (Lipinski definition) is 0. The van der Waals surface area contributed by atoms with Gasteiger partial charge in [-0.1, -0.05) is 18.2 Å². The summed E-state index contributed by atoms with van der Waals surface area (Å²) in [5, 5.41) is 4.13. The number of benzene rings is 1. The van der Waals surface area contributed by atoms with E-state index < -0.39 is 0 Å². The second kappa shape index (κ2) is 5.69. The fraction of sp³-hybridized carbons (Fsp3) is 0.267. The molecule has 20 heavy (non-hydrogen) atoms. The van der Waals surface area contributed by atoms with Crippen LogP contribution >= 0.6 is 0 Å². The average Bonchev–Trinajstić information content (AvgIpc) is 2.47. The number of hydrogen-bond acceptors (Lipinski definition) is 3. The quantitative estimate of drug-likeness (QED) is 0.859. The fourth-order valence-electron chi connectivity index (χ4n) is 1.85. The molecule has 1 amide bonds. The van der Waals surface area contributed by atoms with Crippen LogP contribution in [0.25, 0.3) is 0 Å². The van der Waals surface area contributed by atoms with E-state index in [0.29, 0.717) is 0 Å². The van der Waals surface area contributed by atoms with Crippen LogP contribution in [0, 0.1) is 0 Å². The Kier molecular flexibility index (Phi) is 3.98. The fourth-order valence-corrected chi connectivity index (χ4v) is 1.85. The molecule has 0 aliphatic carbocycles. The molecule has 0 fully saturated rings. The number of carbonyl (C=O) groups excluding carboxylic acids is 1. The van der Waals surface area contributed by atoms with Crippen molar-refractivity contribution in [3.63, 3.8) is 0 Å². The molecule has 0 atom stereocenters. The molecule has 0 spiro atoms. The van der Waals surface area contributed by atoms with Gasteiger partial charge < -0.3 is 4.90 Å². The molecule has 1 aromatic heterocycles. The molecule has 0 saturated heterocycles. The van der Waals surface area contributed by atoms with E-state index in [1.165, 1.54) is 21.7 Å². The van der Waals surface area contributed by atoms with Gasteiger partial charge in [-0.15, -0.1) is 0 Å². The van der Waals surface area contributed by atoms with Gasteiger partial charge in [0.25, 0.3) is 11.5 Å². The Bertz CT molecular complexity index is 662. The first-order chi connectivity index (χ1) is 9.50. The third kappa shape index (κ3) is 2.77. The van der Waals surface area contributed by atoms with E-state index in [9.17, 15) is 9.59 Å². The second-order valence-corrected chi connectivity index (χ2v) is 4.79. The topological polar surface area (TPSA) is 55.2 Å². The predicted octanol–water partition coefficient (Wildman–Crippen LogP) is 2.10. The lowest BCUT2D eigenvalue weighted by atomic mass is 10.2. The summed E-state index contributed by atoms with van der Waals surface area (Å²) in [6.07, 6.45) is 0. The van der Waals surface area contributed by atoms with Crippen molar-refractivity contribution in [2.45, 2.75) is 19.9 Å². The summed E-state index contributed by atoms with van der Waals surface area (Å²) < 4.78 is 1.31. The van der Waals surface area contributed by atoms with Gasteiger partial charge in [0.15, 0.2) is 0 Å². The highest BCUT2D eigenvalue weighted by Crippen LogP contribution is 2.13. The van der Waals surface area contributed by atoms with E-state index in [1.807, 2.05) is 44.2 Å². The Morgan fingerprint density at radius 1 is 1.15 bits per heavy atom. The number of aromatic nitrogens is 2. The van der Waals surface area contributed by atoms with Gasteiger partial charge in [-0.3, -0.25) is 9.59 Å². The minimum atomic E-state index is -0.245. The van der Waals surface area contributed by atoms with Gasteiger partial charge in [0.05, 0.1) is 6.04 Å². The summed E-state index contributed by atoms with van der Waals surface area (Å²) in [6.45, 7) is 3.70. The van der Waals surface area contributed by atoms with Crippen LogP contribution in [0.3, 0.4) is 0 Å². The van der Waals surface area contributed by atoms with E-state index in [2.05, 4.69) is 5.10 Å². The number of anilines is 1. The van der Waals surface area contributed by atoms with Gasteiger partial charge in [-0.25, -0.2) is 4.68 Å². The van der Waals surface area contributed by atoms with Crippen molar-refractivity contribution in [2.24, 2.45) is 0 Å². The summed E-state index contributed by atoms with van der Waals surface area (Å²) in [5.74, 6) is -0.245. The molecule has 0 bridgehead atoms. The third-order valence-corrected chi connectivity index (χ3v) is 2.98. The van der Waals surface area contributed by atoms with E-state index >= 15 is 0 Å². The Morgan fingerprint density at radius 2 is 1.80 bits per heavy atom. The van der Waals surface area contributed by atoms with Gasteiger partial charge in [0.2, 0.25) is 0 Å². The first-order valence-corrected chi connectivity index (χ1v) is 6.43. The van der Waals surface area contributed by atoms with E-state index in [0.717, 1.165) is 5.69 Å². The predicted molar refractivity (Wildman–Crippen MR) is 78.1 cm³/mol. The van der Waals surface area contributed by atoms with E-state index in [4.69, 9.17) is 0 Å². The van der Waals surface area contributed by atoms with Crippen LogP contribution in [0.1, 0.15) is 30.4 Å². The van der Waals surface area contributed by atoms with Crippen LogP contribution in [0.2, 0.25) is 0 Å². The largest absolute Gasteiger partial charge is 0.310 e. The van der Waals surface area contributed by atoms with Gasteiger partial charge in [-0.2, -0.15) is 5.10 Å². The standard InChI is InChI=1S/C15H17N3O2/c1-11(2)18-14(19)10-9-13(16-18)15(20)17(3)12-7-5-4-6-8-12/h4-11H,1-3H3. The van der Waals surface area contributed by atoms with E-state index in [-0.39, 0.29) is 23.2 Å². The van der Waals surface area contributed by atoms with Crippen molar-refractivity contribution in [1.29, 1.82) is 0 Å². The molecule has 0 aliphatic heterocycles. The van der Waals surface area contributed by atoms with Crippen LogP contribution in [-0.2, 0) is 0 Å². The summed E-state index contributed by atoms with van der Waals surface area (Å²) in [6, 6.07) is 12.1. The van der Waals surface area contributed by atoms with Crippen LogP contribution < -0.4 is 10.5 Å². The SMILES string of the molecule is CC(C)n1nc(C(=O)N(C)c2ccccc2)ccc1=O. The number of carbonyl (C=O) groups is 1. The molecule has 1 heterocycles. The number of nitrogens with zero attached hydrogens (tertiary/aromatic N) is 3. The highest BCUT2D eigenvalue weighted by atomic mass is 16.2. The van der Waals surface area contributed by atoms with Crippen LogP contribution in [0.4, 0.5) is 5.69 Å². The maximum absolute atomic E-state index is 12.4. The first kappa shape index (κ1) is 14.0. The Labute approximate surface area is 117 Å². The van der Waals surface area contributed by atoms with Crippen LogP contribution in [0.5, 0.6) is 0 Å². The molecular formula is C15H17N3O2. The van der Waals surface area contributed by atoms with Gasteiger partial charge in [0.1, 0.15) is 5.69 Å². The molecule has 0 saturated carbocycles. The zero-order valence-corrected chi connectivity index (χ0v) is 11.8. The molecule has 0 aliphatic rings. The molecule has 5 nitrogen and oxygen atoms in total. The summed E-state index contributed by atoms with van der Waals surface area (Å²) in [7, 11) is 1.68. The average molecular weight is 271 g/mol. The lowest BCUT2D eigenvalue weighted by Gasteiger charge is -2.17. The maximum Gasteiger partial charge on any atom is 0.278 e. The second-order valence-electron chi connectivity index (χ2n) is 4.79. The monoisotopic (exact) mass is 271 g/mol. The van der Waals surface area contributed by atoms with Crippen molar-refractivity contribution >= 4 is 11.6 Å². The van der Waals surface area contributed by atoms with Crippen LogP contribution in [0.15, 0.2) is 47.3 Å². The van der Waals surface area contributed by atoms with Crippen molar-refractivity contribution in [3.8, 4) is 0 Å². The minimum Gasteiger partial charge on any atom is -0.310 e. The molecular weight excluding hydrogens is 254 g/mol. The molecule has 0 N–H and O–H groups in total. The maximum atomic E-state index is 12.4. The molecule has 0 radical (unpaired) electrons. The zero-order chi connectivity index (χ0) is 14.7. The Balaban J connectivity index is 2.34. The molecule has 2 rings (SSSR count). The first-order valence-electron chi connectivity index (χ1n) is 6.43. The smallest absolute Gasteiger partial charge is 0.278 e. The number of para-hydroxylation sites is 1. The van der Waals surface area contributed by atoms with Gasteiger partial charge in [0, 0.05) is 18.8 Å². The van der Waals surface area contributed by atoms with Gasteiger partial charge >= 0.3 is 0 Å². The molecule has 1 aromatic carbocycles. The summed E-state index contributed by atoms with van der Waals surface area (Å²) in [5.41, 5.74) is 0.824. The lowest BCUT2D eigenvalue weighted by Crippen LogP contribution is -2.31. The normalized spacial score (nSPS) is 10.6. The molecule has 5 heteroatoms. The highest BCUT2D eigenvalue weighted by molar-refractivity contribution is 6.04. The summed E-state index contributed by atoms with van der Waals surface area (Å²) >= 11 is 0. The van der Waals surface area contributed by atoms with E-state index in [1.54, 1.807) is 7.05 Å². The zero-order valence-electron chi connectivity index (χ0n) is 11.8. The third-order valence-electron chi connectivity index (χ3n) is 2.98. The van der Waals surface area contributed by atoms with Crippen molar-refractivity contribution in [3.05, 3.63) is 58.5 Å². The van der Waals surface area contributed by atoms with Crippen molar-refractivity contribution in [2.75, 3.05) is 11.9 Å². The van der Waals surface area contributed by atoms with Gasteiger partial charge in [-0.05, 0) is 32.0 Å². The Hall–Kier alpha value is -2.43. The minimum absolute atomic E-state index is 0.0859. The number of rotatable bonds is 3. The highest BCUT2D eigenvalue weighted by Gasteiger charge is 2.16. The number of amides is 1. The molecule has 0 unspecified atom stereocenters. The summed E-state index contributed by atoms with van der Waals surface area (Å²) in [4.78, 5) is 25.5. The lowest BCUT2D eigenvalue weighted by molar-refractivity contribution is 0.0985. The van der Waals surface area contributed by atoms with Crippen molar-refractivity contribution < 1.29 is 4.79 Å². The Morgan fingerprint density at radius 3 is 2.40 bits per heavy atom.